The van der Waals surface area contributed by atoms with E-state index in [0.29, 0.717) is 35.7 Å². The molecule has 60 heavy (non-hydrogen) atoms. The van der Waals surface area contributed by atoms with Gasteiger partial charge in [0.1, 0.15) is 29.3 Å². The molecule has 3 fully saturated rings. The van der Waals surface area contributed by atoms with Crippen LogP contribution in [0.2, 0.25) is 0 Å². The molecule has 0 bridgehead atoms. The van der Waals surface area contributed by atoms with E-state index in [1.807, 2.05) is 49.4 Å². The fourth-order valence-corrected chi connectivity index (χ4v) is 8.36. The number of ether oxygens (including phenoxy) is 1. The Kier molecular flexibility index (Phi) is 10.6. The molecular weight excluding hydrogens is 767 g/mol. The van der Waals surface area contributed by atoms with Crippen molar-refractivity contribution in [2.75, 3.05) is 49.5 Å². The van der Waals surface area contributed by atoms with Crippen LogP contribution in [0.3, 0.4) is 0 Å². The Morgan fingerprint density at radius 2 is 1.72 bits per heavy atom. The highest BCUT2D eigenvalue weighted by Gasteiger charge is 2.45. The molecule has 1 saturated carbocycles. The molecule has 9 rings (SSSR count). The number of hydrogen-bond acceptors (Lipinski definition) is 13. The van der Waals surface area contributed by atoms with Crippen LogP contribution in [-0.4, -0.2) is 115 Å². The van der Waals surface area contributed by atoms with Crippen molar-refractivity contribution in [3.63, 3.8) is 0 Å². The minimum Gasteiger partial charge on any atom is -0.494 e. The van der Waals surface area contributed by atoms with Crippen LogP contribution in [0.1, 0.15) is 80.6 Å². The number of pyridine rings is 1. The van der Waals surface area contributed by atoms with E-state index in [4.69, 9.17) is 4.74 Å². The Bertz CT molecular complexity index is 2480. The van der Waals surface area contributed by atoms with Crippen molar-refractivity contribution in [2.24, 2.45) is 0 Å². The standard InChI is InChI=1S/C43H45N11O6/c1-26-4-2-5-34(48-26)40(56)49-28-20-30(21-28)53-25-47-37-38(45-24-46-39(37)53)44-23-27-6-9-31(10-7-27)60-19-3-14-51-15-17-52(18-16-51)29-8-11-32-33(22-29)43(59)54(42(32)58)35-12-13-36(55)50-41(35)57/h2,4-11,22,24-25,28,30,35H,3,12-21,23H2,1H3,(H,49,56)(H,44,45,46)(H,50,55,57). The number of imidazole rings is 1. The number of imide groups is 2. The largest absolute Gasteiger partial charge is 0.494 e. The topological polar surface area (TPSA) is 197 Å². The van der Waals surface area contributed by atoms with E-state index < -0.39 is 29.7 Å². The summed E-state index contributed by atoms with van der Waals surface area (Å²) in [5, 5.41) is 8.73. The molecule has 1 aliphatic carbocycles. The number of rotatable bonds is 13. The number of hydrogen-bond donors (Lipinski definition) is 3. The quantitative estimate of drug-likeness (QED) is 0.116. The molecule has 0 spiro atoms. The number of aryl methyl sites for hydroxylation is 1. The fourth-order valence-electron chi connectivity index (χ4n) is 8.36. The van der Waals surface area contributed by atoms with Crippen LogP contribution in [0.5, 0.6) is 5.75 Å². The second-order valence-corrected chi connectivity index (χ2v) is 15.7. The molecule has 3 N–H and O–H groups in total. The third kappa shape index (κ3) is 7.87. The van der Waals surface area contributed by atoms with Gasteiger partial charge in [-0.15, -0.1) is 0 Å². The summed E-state index contributed by atoms with van der Waals surface area (Å²) in [6, 6.07) is 18.0. The number of nitrogens with zero attached hydrogens (tertiary/aromatic N) is 8. The zero-order chi connectivity index (χ0) is 41.3. The molecule has 3 aromatic heterocycles. The zero-order valence-corrected chi connectivity index (χ0v) is 33.2. The highest BCUT2D eigenvalue weighted by atomic mass is 16.5. The SMILES string of the molecule is Cc1cccc(C(=O)NC2CC(n3cnc4c(NCc5ccc(OCCCN6CCN(c7ccc8c(c7)C(=O)N(C7CCC(=O)NC7=O)C8=O)CC6)cc5)ncnc43)C2)n1. The predicted octanol–water partition coefficient (Wildman–Crippen LogP) is 3.27. The van der Waals surface area contributed by atoms with Crippen LogP contribution in [0.15, 0.2) is 73.3 Å². The average molecular weight is 812 g/mol. The molecule has 4 aliphatic rings. The van der Waals surface area contributed by atoms with Crippen molar-refractivity contribution in [3.05, 3.63) is 101 Å². The van der Waals surface area contributed by atoms with E-state index in [0.717, 1.165) is 85.2 Å². The zero-order valence-electron chi connectivity index (χ0n) is 33.2. The first-order chi connectivity index (χ1) is 29.2. The lowest BCUT2D eigenvalue weighted by molar-refractivity contribution is -0.136. The number of benzene rings is 2. The van der Waals surface area contributed by atoms with Crippen molar-refractivity contribution >= 4 is 52.2 Å². The van der Waals surface area contributed by atoms with E-state index in [1.54, 1.807) is 30.9 Å². The molecular formula is C43H45N11O6. The molecule has 1 unspecified atom stereocenters. The van der Waals surface area contributed by atoms with E-state index in [1.165, 1.54) is 0 Å². The van der Waals surface area contributed by atoms with Crippen molar-refractivity contribution in [3.8, 4) is 5.75 Å². The molecule has 6 heterocycles. The van der Waals surface area contributed by atoms with Gasteiger partial charge in [0.15, 0.2) is 11.5 Å². The van der Waals surface area contributed by atoms with Gasteiger partial charge in [0, 0.05) is 69.2 Å². The number of piperazine rings is 1. The molecule has 5 aromatic rings. The summed E-state index contributed by atoms with van der Waals surface area (Å²) in [7, 11) is 0. The maximum atomic E-state index is 13.3. The van der Waals surface area contributed by atoms with Crippen LogP contribution >= 0.6 is 0 Å². The van der Waals surface area contributed by atoms with Crippen LogP contribution in [0, 0.1) is 6.92 Å². The van der Waals surface area contributed by atoms with Crippen molar-refractivity contribution in [1.29, 1.82) is 0 Å². The number of aromatic nitrogens is 5. The molecule has 17 nitrogen and oxygen atoms in total. The highest BCUT2D eigenvalue weighted by Crippen LogP contribution is 2.35. The van der Waals surface area contributed by atoms with Gasteiger partial charge in [0.25, 0.3) is 17.7 Å². The fraction of sp³-hybridized carbons (Fsp3) is 0.372. The molecule has 2 aromatic carbocycles. The molecule has 17 heteroatoms. The second-order valence-electron chi connectivity index (χ2n) is 15.7. The molecule has 2 saturated heterocycles. The molecule has 5 amide bonds. The Morgan fingerprint density at radius 3 is 2.50 bits per heavy atom. The maximum Gasteiger partial charge on any atom is 0.270 e. The number of carbonyl (C=O) groups excluding carboxylic acids is 5. The normalized spacial score (nSPS) is 20.5. The van der Waals surface area contributed by atoms with Crippen LogP contribution < -0.4 is 25.6 Å². The van der Waals surface area contributed by atoms with Gasteiger partial charge in [0.2, 0.25) is 11.8 Å². The van der Waals surface area contributed by atoms with E-state index in [9.17, 15) is 24.0 Å². The van der Waals surface area contributed by atoms with Gasteiger partial charge in [-0.2, -0.15) is 0 Å². The average Bonchev–Trinajstić information content (AvgIpc) is 3.78. The van der Waals surface area contributed by atoms with E-state index in [-0.39, 0.29) is 36.4 Å². The van der Waals surface area contributed by atoms with Gasteiger partial charge in [-0.25, -0.2) is 19.9 Å². The predicted molar refractivity (Wildman–Crippen MR) is 219 cm³/mol. The van der Waals surface area contributed by atoms with Crippen LogP contribution in [-0.2, 0) is 16.1 Å². The molecule has 3 aliphatic heterocycles. The first-order valence-corrected chi connectivity index (χ1v) is 20.4. The number of carbonyl (C=O) groups is 5. The number of fused-ring (bicyclic) bond motifs is 2. The third-order valence-corrected chi connectivity index (χ3v) is 11.8. The third-order valence-electron chi connectivity index (χ3n) is 11.8. The summed E-state index contributed by atoms with van der Waals surface area (Å²) in [6.07, 6.45) is 6.00. The summed E-state index contributed by atoms with van der Waals surface area (Å²) < 4.78 is 8.13. The van der Waals surface area contributed by atoms with Crippen molar-refractivity contribution in [1.82, 2.24) is 44.9 Å². The van der Waals surface area contributed by atoms with Crippen molar-refractivity contribution in [2.45, 2.75) is 63.7 Å². The minimum absolute atomic E-state index is 0.0649. The highest BCUT2D eigenvalue weighted by molar-refractivity contribution is 6.23. The Hall–Kier alpha value is -6.75. The summed E-state index contributed by atoms with van der Waals surface area (Å²) in [6.45, 7) is 7.13. The summed E-state index contributed by atoms with van der Waals surface area (Å²) in [5.41, 5.74) is 5.20. The number of amides is 5. The minimum atomic E-state index is -0.977. The maximum absolute atomic E-state index is 13.3. The van der Waals surface area contributed by atoms with Gasteiger partial charge in [0.05, 0.1) is 24.1 Å². The Labute approximate surface area is 345 Å². The van der Waals surface area contributed by atoms with Gasteiger partial charge < -0.3 is 24.8 Å². The lowest BCUT2D eigenvalue weighted by Gasteiger charge is -2.36. The van der Waals surface area contributed by atoms with Gasteiger partial charge in [-0.1, -0.05) is 18.2 Å². The van der Waals surface area contributed by atoms with Gasteiger partial charge in [-0.05, 0) is 80.6 Å². The smallest absolute Gasteiger partial charge is 0.270 e. The van der Waals surface area contributed by atoms with E-state index in [2.05, 4.69) is 50.3 Å². The number of anilines is 2. The van der Waals surface area contributed by atoms with Crippen LogP contribution in [0.25, 0.3) is 11.2 Å². The lowest BCUT2D eigenvalue weighted by atomic mass is 9.86. The monoisotopic (exact) mass is 811 g/mol. The molecule has 1 atom stereocenters. The summed E-state index contributed by atoms with van der Waals surface area (Å²) >= 11 is 0. The number of piperidine rings is 1. The second kappa shape index (κ2) is 16.5. The molecule has 308 valence electrons. The number of nitrogens with one attached hydrogen (secondary N) is 3. The molecule has 0 radical (unpaired) electrons. The van der Waals surface area contributed by atoms with E-state index >= 15 is 0 Å². The summed E-state index contributed by atoms with van der Waals surface area (Å²) in [5.74, 6) is -0.696. The first kappa shape index (κ1) is 38.8. The van der Waals surface area contributed by atoms with Crippen molar-refractivity contribution < 1.29 is 28.7 Å². The van der Waals surface area contributed by atoms with Gasteiger partial charge >= 0.3 is 0 Å². The summed E-state index contributed by atoms with van der Waals surface area (Å²) in [4.78, 5) is 86.5. The first-order valence-electron chi connectivity index (χ1n) is 20.4. The lowest BCUT2D eigenvalue weighted by Crippen LogP contribution is -2.54. The van der Waals surface area contributed by atoms with Crippen LogP contribution in [0.4, 0.5) is 11.5 Å². The van der Waals surface area contributed by atoms with Gasteiger partial charge in [-0.3, -0.25) is 39.1 Å². The Morgan fingerprint density at radius 1 is 0.917 bits per heavy atom. The Balaban J connectivity index is 0.695.